The third-order valence-electron chi connectivity index (χ3n) is 8.71. The van der Waals surface area contributed by atoms with Gasteiger partial charge in [0.05, 0.1) is 36.2 Å². The van der Waals surface area contributed by atoms with Crippen molar-refractivity contribution in [1.82, 2.24) is 5.06 Å². The van der Waals surface area contributed by atoms with Gasteiger partial charge in [-0.1, -0.05) is 90.5 Å². The Bertz CT molecular complexity index is 1950. The van der Waals surface area contributed by atoms with Crippen molar-refractivity contribution in [2.45, 2.75) is 32.0 Å². The van der Waals surface area contributed by atoms with Crippen LogP contribution in [-0.2, 0) is 32.2 Å². The van der Waals surface area contributed by atoms with E-state index in [1.165, 1.54) is 12.0 Å². The molecule has 9 heteroatoms. The van der Waals surface area contributed by atoms with Gasteiger partial charge in [-0.3, -0.25) is 19.2 Å². The minimum atomic E-state index is -1.05. The molecule has 2 aliphatic rings. The van der Waals surface area contributed by atoms with Gasteiger partial charge in [-0.05, 0) is 52.1 Å². The van der Waals surface area contributed by atoms with Crippen LogP contribution in [0.1, 0.15) is 28.3 Å². The van der Waals surface area contributed by atoms with Crippen molar-refractivity contribution >= 4 is 56.6 Å². The summed E-state index contributed by atoms with van der Waals surface area (Å²) in [6.45, 7) is 2.19. The summed E-state index contributed by atoms with van der Waals surface area (Å²) in [5.41, 5.74) is 9.21. The highest BCUT2D eigenvalue weighted by Gasteiger charge is 2.60. The number of ether oxygens (including phenoxy) is 1. The second kappa shape index (κ2) is 11.3. The first-order valence-corrected chi connectivity index (χ1v) is 15.1. The Morgan fingerprint density at radius 3 is 2.07 bits per heavy atom. The molecule has 0 radical (unpaired) electrons. The maximum Gasteiger partial charge on any atom is 0.266 e. The fourth-order valence-corrected chi connectivity index (χ4v) is 7.04. The van der Waals surface area contributed by atoms with Crippen LogP contribution in [0.5, 0.6) is 5.75 Å². The van der Waals surface area contributed by atoms with E-state index in [2.05, 4.69) is 0 Å². The average Bonchev–Trinajstić information content (AvgIpc) is 3.51. The Labute approximate surface area is 264 Å². The third-order valence-corrected chi connectivity index (χ3v) is 9.12. The number of nitrogens with two attached hydrogens (primary N) is 1. The molecule has 2 aliphatic heterocycles. The van der Waals surface area contributed by atoms with Gasteiger partial charge in [0.25, 0.3) is 5.91 Å². The highest BCUT2D eigenvalue weighted by atomic mass is 35.5. The highest BCUT2D eigenvalue weighted by Crippen LogP contribution is 2.51. The topological polar surface area (TPSA) is 102 Å². The summed E-state index contributed by atoms with van der Waals surface area (Å²) in [7, 11) is 1.52. The lowest BCUT2D eigenvalue weighted by molar-refractivity contribution is -0.177. The molecule has 2 N–H and O–H groups in total. The van der Waals surface area contributed by atoms with Crippen molar-refractivity contribution in [1.29, 1.82) is 0 Å². The van der Waals surface area contributed by atoms with E-state index < -0.39 is 29.9 Å². The molecule has 0 bridgehead atoms. The number of amides is 3. The lowest BCUT2D eigenvalue weighted by Gasteiger charge is -2.30. The molecule has 3 unspecified atom stereocenters. The molecule has 5 aromatic rings. The predicted octanol–water partition coefficient (Wildman–Crippen LogP) is 6.04. The number of hydrogen-bond acceptors (Lipinski definition) is 6. The van der Waals surface area contributed by atoms with E-state index >= 15 is 0 Å². The molecular weight excluding hydrogens is 590 g/mol. The molecule has 0 spiro atoms. The van der Waals surface area contributed by atoms with Gasteiger partial charge < -0.3 is 10.5 Å². The van der Waals surface area contributed by atoms with E-state index in [-0.39, 0.29) is 18.9 Å². The number of aryl methyl sites for hydroxylation is 1. The number of halogens is 1. The van der Waals surface area contributed by atoms with Crippen LogP contribution in [0.2, 0.25) is 5.02 Å². The molecular formula is C36H30ClN3O5. The number of carbonyl (C=O) groups excluding carboxylic acids is 3. The van der Waals surface area contributed by atoms with Gasteiger partial charge in [-0.2, -0.15) is 5.06 Å². The second-order valence-electron chi connectivity index (χ2n) is 11.5. The molecule has 2 fully saturated rings. The van der Waals surface area contributed by atoms with Crippen LogP contribution in [0.25, 0.3) is 21.5 Å². The fourth-order valence-electron chi connectivity index (χ4n) is 6.71. The number of carbonyl (C=O) groups is 3. The number of fused-ring (bicyclic) bond motifs is 3. The van der Waals surface area contributed by atoms with Gasteiger partial charge in [-0.25, -0.2) is 4.90 Å². The minimum Gasteiger partial charge on any atom is -0.495 e. The van der Waals surface area contributed by atoms with E-state index in [1.807, 2.05) is 85.8 Å². The molecule has 226 valence electrons. The molecule has 0 saturated carbocycles. The average molecular weight is 620 g/mol. The first-order valence-electron chi connectivity index (χ1n) is 14.7. The van der Waals surface area contributed by atoms with Crippen molar-refractivity contribution in [3.63, 3.8) is 0 Å². The Morgan fingerprint density at radius 1 is 0.867 bits per heavy atom. The van der Waals surface area contributed by atoms with E-state index in [0.717, 1.165) is 43.8 Å². The quantitative estimate of drug-likeness (QED) is 0.176. The van der Waals surface area contributed by atoms with E-state index in [9.17, 15) is 14.4 Å². The van der Waals surface area contributed by atoms with Gasteiger partial charge in [0.15, 0.2) is 6.10 Å². The van der Waals surface area contributed by atoms with Crippen LogP contribution < -0.4 is 15.4 Å². The lowest BCUT2D eigenvalue weighted by Crippen LogP contribution is -2.37. The summed E-state index contributed by atoms with van der Waals surface area (Å²) >= 11 is 6.96. The fraction of sp³-hybridized carbons (Fsp3) is 0.194. The Morgan fingerprint density at radius 2 is 1.47 bits per heavy atom. The molecule has 2 heterocycles. The van der Waals surface area contributed by atoms with Crippen LogP contribution in [0.15, 0.2) is 91.0 Å². The van der Waals surface area contributed by atoms with Gasteiger partial charge in [0.1, 0.15) is 5.75 Å². The van der Waals surface area contributed by atoms with Crippen LogP contribution in [0, 0.1) is 12.8 Å². The summed E-state index contributed by atoms with van der Waals surface area (Å²) in [4.78, 5) is 47.8. The van der Waals surface area contributed by atoms with Crippen LogP contribution >= 0.6 is 11.6 Å². The molecule has 3 amide bonds. The summed E-state index contributed by atoms with van der Waals surface area (Å²) in [5, 5.41) is 5.83. The third kappa shape index (κ3) is 4.82. The Hall–Kier alpha value is -4.76. The zero-order chi connectivity index (χ0) is 31.4. The summed E-state index contributed by atoms with van der Waals surface area (Å²) in [5.74, 6) is -1.63. The lowest BCUT2D eigenvalue weighted by atomic mass is 9.84. The Kier molecular flexibility index (Phi) is 7.28. The van der Waals surface area contributed by atoms with Crippen molar-refractivity contribution in [3.8, 4) is 5.75 Å². The van der Waals surface area contributed by atoms with Gasteiger partial charge in [0.2, 0.25) is 11.8 Å². The number of benzene rings is 5. The monoisotopic (exact) mass is 619 g/mol. The van der Waals surface area contributed by atoms with Crippen LogP contribution in [-0.4, -0.2) is 36.0 Å². The Balaban J connectivity index is 1.40. The highest BCUT2D eigenvalue weighted by molar-refractivity contribution is 6.41. The van der Waals surface area contributed by atoms with Gasteiger partial charge in [-0.15, -0.1) is 0 Å². The van der Waals surface area contributed by atoms with Crippen molar-refractivity contribution in [3.05, 3.63) is 118 Å². The van der Waals surface area contributed by atoms with Gasteiger partial charge in [0, 0.05) is 17.3 Å². The van der Waals surface area contributed by atoms with Crippen LogP contribution in [0.3, 0.4) is 0 Å². The standard InChI is InChI=1S/C36H30ClN3O5/c1-20-11-16-28(44-2)27(17-20)40-35(42)31-33(30-23-7-3-5-9-25(23)32(37)26-10-6-4-8-24(26)30)39(45-34(31)36(40)43)19-22-14-12-21(13-15-22)18-29(38)41/h3-17,31,33-34H,18-19H2,1-2H3,(H2,38,41). The number of hydroxylamine groups is 2. The number of hydrogen-bond donors (Lipinski definition) is 1. The van der Waals surface area contributed by atoms with E-state index in [1.54, 1.807) is 17.2 Å². The molecule has 45 heavy (non-hydrogen) atoms. The summed E-state index contributed by atoms with van der Waals surface area (Å²) < 4.78 is 5.56. The smallest absolute Gasteiger partial charge is 0.266 e. The minimum absolute atomic E-state index is 0.136. The molecule has 5 aromatic carbocycles. The van der Waals surface area contributed by atoms with Crippen LogP contribution in [0.4, 0.5) is 5.69 Å². The van der Waals surface area contributed by atoms with E-state index in [0.29, 0.717) is 16.5 Å². The zero-order valence-electron chi connectivity index (χ0n) is 24.7. The summed E-state index contributed by atoms with van der Waals surface area (Å²) in [6, 6.07) is 27.9. The maximum absolute atomic E-state index is 14.5. The first-order chi connectivity index (χ1) is 21.8. The SMILES string of the molecule is COc1ccc(C)cc1N1C(=O)C2ON(Cc3ccc(CC(N)=O)cc3)C(c3c4ccccc4c(Cl)c4ccccc34)C2C1=O. The maximum atomic E-state index is 14.5. The zero-order valence-corrected chi connectivity index (χ0v) is 25.5. The van der Waals surface area contributed by atoms with E-state index in [4.69, 9.17) is 26.9 Å². The number of imide groups is 1. The molecule has 8 nitrogen and oxygen atoms in total. The van der Waals surface area contributed by atoms with Crippen molar-refractivity contribution in [2.75, 3.05) is 12.0 Å². The van der Waals surface area contributed by atoms with Crippen molar-refractivity contribution in [2.24, 2.45) is 11.7 Å². The van der Waals surface area contributed by atoms with Crippen molar-refractivity contribution < 1.29 is 24.0 Å². The molecule has 7 rings (SSSR count). The predicted molar refractivity (Wildman–Crippen MR) is 173 cm³/mol. The first kappa shape index (κ1) is 29.0. The summed E-state index contributed by atoms with van der Waals surface area (Å²) in [6.07, 6.45) is -0.910. The number of methoxy groups -OCH3 is 1. The molecule has 2 saturated heterocycles. The molecule has 0 aromatic heterocycles. The number of nitrogens with zero attached hydrogens (tertiary/aromatic N) is 2. The second-order valence-corrected chi connectivity index (χ2v) is 11.9. The number of anilines is 1. The molecule has 3 atom stereocenters. The number of rotatable bonds is 7. The molecule has 0 aliphatic carbocycles. The number of primary amides is 1. The van der Waals surface area contributed by atoms with Gasteiger partial charge >= 0.3 is 0 Å². The normalized spacial score (nSPS) is 19.9. The largest absolute Gasteiger partial charge is 0.495 e.